The van der Waals surface area contributed by atoms with E-state index in [1.165, 1.54) is 0 Å². The zero-order valence-electron chi connectivity index (χ0n) is 12.7. The van der Waals surface area contributed by atoms with Crippen molar-refractivity contribution in [2.24, 2.45) is 0 Å². The van der Waals surface area contributed by atoms with Gasteiger partial charge in [-0.25, -0.2) is 0 Å². The number of nitrogens with one attached hydrogen (secondary N) is 2. The van der Waals surface area contributed by atoms with Gasteiger partial charge in [0.1, 0.15) is 5.75 Å². The van der Waals surface area contributed by atoms with Crippen LogP contribution in [0, 0.1) is 0 Å². The third-order valence-corrected chi connectivity index (χ3v) is 5.30. The minimum Gasteiger partial charge on any atom is -0.496 e. The maximum absolute atomic E-state index is 5.42. The zero-order valence-corrected chi connectivity index (χ0v) is 15.1. The SMILES string of the molecule is CN[C@@H](CSC)c1nccc2c1[nH]c1ccc(OC)c(Br)c12. The lowest BCUT2D eigenvalue weighted by atomic mass is 10.1. The summed E-state index contributed by atoms with van der Waals surface area (Å²) < 4.78 is 6.39. The van der Waals surface area contributed by atoms with Gasteiger partial charge < -0.3 is 15.0 Å². The zero-order chi connectivity index (χ0) is 15.7. The summed E-state index contributed by atoms with van der Waals surface area (Å²) in [5.41, 5.74) is 3.21. The van der Waals surface area contributed by atoms with Gasteiger partial charge in [0.15, 0.2) is 0 Å². The average Bonchev–Trinajstić information content (AvgIpc) is 2.92. The van der Waals surface area contributed by atoms with Gasteiger partial charge in [-0.3, -0.25) is 4.98 Å². The van der Waals surface area contributed by atoms with E-state index in [1.807, 2.05) is 43.2 Å². The van der Waals surface area contributed by atoms with Crippen molar-refractivity contribution in [1.29, 1.82) is 0 Å². The van der Waals surface area contributed by atoms with E-state index in [0.29, 0.717) is 0 Å². The average molecular weight is 380 g/mol. The number of hydrogen-bond donors (Lipinski definition) is 2. The molecule has 0 bridgehead atoms. The highest BCUT2D eigenvalue weighted by Gasteiger charge is 2.18. The summed E-state index contributed by atoms with van der Waals surface area (Å²) in [5, 5.41) is 5.65. The Morgan fingerprint density at radius 3 is 2.91 bits per heavy atom. The highest BCUT2D eigenvalue weighted by atomic mass is 79.9. The van der Waals surface area contributed by atoms with E-state index < -0.39 is 0 Å². The van der Waals surface area contributed by atoms with Gasteiger partial charge >= 0.3 is 0 Å². The number of nitrogens with zero attached hydrogens (tertiary/aromatic N) is 1. The molecule has 1 aromatic carbocycles. The fourth-order valence-electron chi connectivity index (χ4n) is 2.76. The molecule has 2 N–H and O–H groups in total. The molecule has 2 aromatic heterocycles. The number of thioether (sulfide) groups is 1. The molecule has 0 saturated carbocycles. The maximum Gasteiger partial charge on any atom is 0.133 e. The first kappa shape index (κ1) is 15.6. The Balaban J connectivity index is 2.30. The molecule has 0 spiro atoms. The second-order valence-corrected chi connectivity index (χ2v) is 6.75. The van der Waals surface area contributed by atoms with Crippen LogP contribution in [0.5, 0.6) is 5.75 Å². The van der Waals surface area contributed by atoms with Crippen LogP contribution in [0.15, 0.2) is 28.9 Å². The molecule has 116 valence electrons. The van der Waals surface area contributed by atoms with Crippen molar-refractivity contribution < 1.29 is 4.74 Å². The van der Waals surface area contributed by atoms with Crippen molar-refractivity contribution in [3.8, 4) is 5.75 Å². The molecule has 22 heavy (non-hydrogen) atoms. The molecule has 0 fully saturated rings. The number of pyridine rings is 1. The number of fused-ring (bicyclic) bond motifs is 3. The second kappa shape index (κ2) is 6.48. The number of halogens is 1. The smallest absolute Gasteiger partial charge is 0.133 e. The maximum atomic E-state index is 5.42. The molecule has 0 aliphatic carbocycles. The molecular formula is C16H18BrN3OS. The number of methoxy groups -OCH3 is 1. The molecule has 6 heteroatoms. The minimum atomic E-state index is 0.215. The lowest BCUT2D eigenvalue weighted by Gasteiger charge is -2.14. The number of benzene rings is 1. The Morgan fingerprint density at radius 1 is 1.41 bits per heavy atom. The van der Waals surface area contributed by atoms with Crippen LogP contribution in [0.4, 0.5) is 0 Å². The van der Waals surface area contributed by atoms with E-state index in [2.05, 4.69) is 37.5 Å². The van der Waals surface area contributed by atoms with Crippen LogP contribution in [0.2, 0.25) is 0 Å². The lowest BCUT2D eigenvalue weighted by molar-refractivity contribution is 0.413. The molecule has 2 heterocycles. The van der Waals surface area contributed by atoms with Gasteiger partial charge in [-0.15, -0.1) is 0 Å². The Labute approximate surface area is 142 Å². The van der Waals surface area contributed by atoms with Gasteiger partial charge in [-0.1, -0.05) is 0 Å². The summed E-state index contributed by atoms with van der Waals surface area (Å²) in [6.07, 6.45) is 3.98. The number of aromatic amines is 1. The highest BCUT2D eigenvalue weighted by molar-refractivity contribution is 9.10. The first-order valence-corrected chi connectivity index (χ1v) is 9.19. The molecular weight excluding hydrogens is 362 g/mol. The monoisotopic (exact) mass is 379 g/mol. The Kier molecular flexibility index (Phi) is 4.61. The number of hydrogen-bond acceptors (Lipinski definition) is 4. The first-order chi connectivity index (χ1) is 10.7. The lowest BCUT2D eigenvalue weighted by Crippen LogP contribution is -2.20. The van der Waals surface area contributed by atoms with Crippen LogP contribution < -0.4 is 10.1 Å². The fourth-order valence-corrected chi connectivity index (χ4v) is 4.14. The standard InChI is InChI=1S/C16H18BrN3OS/c1-18-11(8-22-3)16-15-9(6-7-19-16)13-10(20-15)4-5-12(21-2)14(13)17/h4-7,11,18,20H,8H2,1-3H3/t11-/m0/s1. The predicted octanol–water partition coefficient (Wildman–Crippen LogP) is 4.11. The molecule has 0 amide bonds. The summed E-state index contributed by atoms with van der Waals surface area (Å²) in [6, 6.07) is 6.28. The van der Waals surface area contributed by atoms with Crippen molar-refractivity contribution in [2.45, 2.75) is 6.04 Å². The van der Waals surface area contributed by atoms with Crippen LogP contribution >= 0.6 is 27.7 Å². The summed E-state index contributed by atoms with van der Waals surface area (Å²) in [5.74, 6) is 1.81. The highest BCUT2D eigenvalue weighted by Crippen LogP contribution is 2.38. The number of aromatic nitrogens is 2. The van der Waals surface area contributed by atoms with Gasteiger partial charge in [0.25, 0.3) is 0 Å². The fraction of sp³-hybridized carbons (Fsp3) is 0.312. The van der Waals surface area contributed by atoms with Crippen molar-refractivity contribution in [3.05, 3.63) is 34.6 Å². The summed E-state index contributed by atoms with van der Waals surface area (Å²) >= 11 is 5.47. The molecule has 0 saturated heterocycles. The third-order valence-electron chi connectivity index (χ3n) is 3.85. The van der Waals surface area contributed by atoms with Gasteiger partial charge in [0.05, 0.1) is 28.8 Å². The molecule has 0 aliphatic heterocycles. The van der Waals surface area contributed by atoms with E-state index in [1.54, 1.807) is 7.11 Å². The molecule has 4 nitrogen and oxygen atoms in total. The van der Waals surface area contributed by atoms with Gasteiger partial charge in [0, 0.05) is 28.2 Å². The molecule has 0 unspecified atom stereocenters. The minimum absolute atomic E-state index is 0.215. The first-order valence-electron chi connectivity index (χ1n) is 7.00. The number of rotatable bonds is 5. The van der Waals surface area contributed by atoms with E-state index >= 15 is 0 Å². The van der Waals surface area contributed by atoms with E-state index in [0.717, 1.165) is 43.5 Å². The molecule has 0 aliphatic rings. The number of ether oxygens (including phenoxy) is 1. The number of H-pyrrole nitrogens is 1. The molecule has 3 rings (SSSR count). The largest absolute Gasteiger partial charge is 0.496 e. The predicted molar refractivity (Wildman–Crippen MR) is 98.0 cm³/mol. The van der Waals surface area contributed by atoms with Crippen LogP contribution in [0.25, 0.3) is 21.8 Å². The topological polar surface area (TPSA) is 49.9 Å². The van der Waals surface area contributed by atoms with E-state index in [-0.39, 0.29) is 6.04 Å². The van der Waals surface area contributed by atoms with E-state index in [4.69, 9.17) is 4.74 Å². The Hall–Kier alpha value is -1.24. The third kappa shape index (κ3) is 2.49. The normalized spacial score (nSPS) is 12.9. The van der Waals surface area contributed by atoms with Crippen LogP contribution in [0.3, 0.4) is 0 Å². The van der Waals surface area contributed by atoms with Crippen molar-refractivity contribution >= 4 is 49.5 Å². The Morgan fingerprint density at radius 2 is 2.23 bits per heavy atom. The van der Waals surface area contributed by atoms with E-state index in [9.17, 15) is 0 Å². The van der Waals surface area contributed by atoms with Crippen LogP contribution in [-0.4, -0.2) is 36.1 Å². The van der Waals surface area contributed by atoms with Crippen molar-refractivity contribution in [3.63, 3.8) is 0 Å². The second-order valence-electron chi connectivity index (χ2n) is 5.04. The van der Waals surface area contributed by atoms with Gasteiger partial charge in [-0.2, -0.15) is 11.8 Å². The summed E-state index contributed by atoms with van der Waals surface area (Å²) in [6.45, 7) is 0. The van der Waals surface area contributed by atoms with Crippen LogP contribution in [0.1, 0.15) is 11.7 Å². The van der Waals surface area contributed by atoms with Crippen molar-refractivity contribution in [2.75, 3.05) is 26.2 Å². The Bertz CT molecular complexity index is 818. The van der Waals surface area contributed by atoms with Gasteiger partial charge in [0.2, 0.25) is 0 Å². The molecule has 3 aromatic rings. The van der Waals surface area contributed by atoms with Gasteiger partial charge in [-0.05, 0) is 47.4 Å². The molecule has 0 radical (unpaired) electrons. The summed E-state index contributed by atoms with van der Waals surface area (Å²) in [4.78, 5) is 8.13. The quantitative estimate of drug-likeness (QED) is 0.700. The summed E-state index contributed by atoms with van der Waals surface area (Å²) in [7, 11) is 3.66. The molecule has 1 atom stereocenters. The van der Waals surface area contributed by atoms with Crippen LogP contribution in [-0.2, 0) is 0 Å². The van der Waals surface area contributed by atoms with Crippen molar-refractivity contribution in [1.82, 2.24) is 15.3 Å².